The molecule has 0 radical (unpaired) electrons. The number of aliphatic hydroxyl groups excluding tert-OH is 1. The first kappa shape index (κ1) is 8.25. The van der Waals surface area contributed by atoms with Crippen LogP contribution in [-0.2, 0) is 0 Å². The highest BCUT2D eigenvalue weighted by atomic mass is 16.3. The van der Waals surface area contributed by atoms with Gasteiger partial charge in [-0.05, 0) is 11.8 Å². The summed E-state index contributed by atoms with van der Waals surface area (Å²) < 4.78 is 0. The Kier molecular flexibility index (Phi) is 1.74. The van der Waals surface area contributed by atoms with Gasteiger partial charge in [0.1, 0.15) is 0 Å². The number of hydrogen-bond donors (Lipinski definition) is 1. The van der Waals surface area contributed by atoms with Gasteiger partial charge in [-0.15, -0.1) is 0 Å². The van der Waals surface area contributed by atoms with E-state index in [2.05, 4.69) is 48.6 Å². The molecule has 4 unspecified atom stereocenters. The van der Waals surface area contributed by atoms with Crippen molar-refractivity contribution in [2.24, 2.45) is 23.7 Å². The fourth-order valence-corrected chi connectivity index (χ4v) is 2.99. The second-order valence-electron chi connectivity index (χ2n) is 4.34. The fourth-order valence-electron chi connectivity index (χ4n) is 2.99. The van der Waals surface area contributed by atoms with Crippen LogP contribution in [0.1, 0.15) is 0 Å². The fraction of sp³-hybridized carbons (Fsp3) is 0.385. The van der Waals surface area contributed by atoms with Gasteiger partial charge < -0.3 is 5.11 Å². The van der Waals surface area contributed by atoms with E-state index in [0.29, 0.717) is 23.7 Å². The standard InChI is InChI=1S/C13H14O/c14-13-11-7-3-1-5-9(11)10-6-2-4-8-12(10)13/h1-14H. The highest BCUT2D eigenvalue weighted by molar-refractivity contribution is 5.28. The van der Waals surface area contributed by atoms with E-state index in [9.17, 15) is 5.11 Å². The summed E-state index contributed by atoms with van der Waals surface area (Å²) in [5.41, 5.74) is 0. The number of hydrogen-bond acceptors (Lipinski definition) is 1. The van der Waals surface area contributed by atoms with E-state index in [0.717, 1.165) is 0 Å². The van der Waals surface area contributed by atoms with Crippen LogP contribution in [0, 0.1) is 23.7 Å². The molecule has 4 atom stereocenters. The predicted octanol–water partition coefficient (Wildman–Crippen LogP) is 2.08. The van der Waals surface area contributed by atoms with Crippen LogP contribution in [0.5, 0.6) is 0 Å². The molecule has 0 aliphatic heterocycles. The Morgan fingerprint density at radius 1 is 0.571 bits per heavy atom. The molecule has 1 heteroatoms. The van der Waals surface area contributed by atoms with Gasteiger partial charge in [0, 0.05) is 11.8 Å². The minimum Gasteiger partial charge on any atom is -0.392 e. The molecule has 0 spiro atoms. The zero-order valence-corrected chi connectivity index (χ0v) is 7.95. The summed E-state index contributed by atoms with van der Waals surface area (Å²) >= 11 is 0. The lowest BCUT2D eigenvalue weighted by Gasteiger charge is -2.21. The largest absolute Gasteiger partial charge is 0.392 e. The topological polar surface area (TPSA) is 20.2 Å². The predicted molar refractivity (Wildman–Crippen MR) is 56.5 cm³/mol. The molecular formula is C13H14O. The first-order valence-electron chi connectivity index (χ1n) is 5.26. The van der Waals surface area contributed by atoms with Gasteiger partial charge in [0.15, 0.2) is 0 Å². The zero-order chi connectivity index (χ0) is 9.54. The van der Waals surface area contributed by atoms with Crippen molar-refractivity contribution in [1.29, 1.82) is 0 Å². The zero-order valence-electron chi connectivity index (χ0n) is 7.95. The van der Waals surface area contributed by atoms with Crippen molar-refractivity contribution in [3.63, 3.8) is 0 Å². The van der Waals surface area contributed by atoms with Crippen LogP contribution < -0.4 is 0 Å². The molecular weight excluding hydrogens is 172 g/mol. The minimum atomic E-state index is -0.201. The normalized spacial score (nSPS) is 47.9. The Balaban J connectivity index is 2.00. The number of aliphatic hydroxyl groups is 1. The van der Waals surface area contributed by atoms with Gasteiger partial charge in [0.05, 0.1) is 6.10 Å². The molecule has 0 heterocycles. The maximum Gasteiger partial charge on any atom is 0.0677 e. The Bertz CT molecular complexity index is 314. The minimum absolute atomic E-state index is 0.201. The van der Waals surface area contributed by atoms with Crippen molar-refractivity contribution in [3.05, 3.63) is 48.6 Å². The van der Waals surface area contributed by atoms with E-state index >= 15 is 0 Å². The quantitative estimate of drug-likeness (QED) is 0.614. The molecule has 3 aliphatic rings. The molecule has 72 valence electrons. The molecule has 1 N–H and O–H groups in total. The van der Waals surface area contributed by atoms with Gasteiger partial charge in [-0.2, -0.15) is 0 Å². The maximum absolute atomic E-state index is 10.1. The molecule has 0 aromatic heterocycles. The molecule has 0 bridgehead atoms. The van der Waals surface area contributed by atoms with E-state index in [1.54, 1.807) is 0 Å². The molecule has 0 saturated heterocycles. The van der Waals surface area contributed by atoms with Crippen molar-refractivity contribution < 1.29 is 5.11 Å². The SMILES string of the molecule is OC1C2C=CC=CC2C2C=CC=CC12. The lowest BCUT2D eigenvalue weighted by Crippen LogP contribution is -2.21. The molecule has 0 aromatic rings. The molecule has 3 rings (SSSR count). The van der Waals surface area contributed by atoms with E-state index in [4.69, 9.17) is 0 Å². The average molecular weight is 186 g/mol. The Hall–Kier alpha value is -1.08. The van der Waals surface area contributed by atoms with Crippen LogP contribution in [0.25, 0.3) is 0 Å². The van der Waals surface area contributed by atoms with Crippen LogP contribution >= 0.6 is 0 Å². The van der Waals surface area contributed by atoms with Crippen LogP contribution in [0.4, 0.5) is 0 Å². The molecule has 3 aliphatic carbocycles. The summed E-state index contributed by atoms with van der Waals surface area (Å²) in [5.74, 6) is 1.65. The van der Waals surface area contributed by atoms with Crippen LogP contribution in [0.2, 0.25) is 0 Å². The molecule has 0 aromatic carbocycles. The number of rotatable bonds is 0. The Labute approximate surface area is 84.1 Å². The first-order chi connectivity index (χ1) is 6.88. The summed E-state index contributed by atoms with van der Waals surface area (Å²) in [4.78, 5) is 0. The molecule has 14 heavy (non-hydrogen) atoms. The van der Waals surface area contributed by atoms with E-state index in [1.807, 2.05) is 0 Å². The Morgan fingerprint density at radius 3 is 1.36 bits per heavy atom. The molecule has 0 amide bonds. The Morgan fingerprint density at radius 2 is 0.929 bits per heavy atom. The second kappa shape index (κ2) is 2.96. The maximum atomic E-state index is 10.1. The summed E-state index contributed by atoms with van der Waals surface area (Å²) in [6.45, 7) is 0. The van der Waals surface area contributed by atoms with Gasteiger partial charge in [0.2, 0.25) is 0 Å². The average Bonchev–Trinajstić information content (AvgIpc) is 2.55. The van der Waals surface area contributed by atoms with Crippen molar-refractivity contribution in [2.45, 2.75) is 6.10 Å². The summed E-state index contributed by atoms with van der Waals surface area (Å²) in [6.07, 6.45) is 16.9. The van der Waals surface area contributed by atoms with Gasteiger partial charge in [-0.1, -0.05) is 48.6 Å². The number of allylic oxidation sites excluding steroid dienone is 6. The van der Waals surface area contributed by atoms with Crippen LogP contribution in [0.3, 0.4) is 0 Å². The highest BCUT2D eigenvalue weighted by Gasteiger charge is 2.46. The molecule has 1 fully saturated rings. The van der Waals surface area contributed by atoms with E-state index in [-0.39, 0.29) is 6.10 Å². The van der Waals surface area contributed by atoms with Crippen LogP contribution in [0.15, 0.2) is 48.6 Å². The monoisotopic (exact) mass is 186 g/mol. The van der Waals surface area contributed by atoms with E-state index < -0.39 is 0 Å². The smallest absolute Gasteiger partial charge is 0.0677 e. The van der Waals surface area contributed by atoms with E-state index in [1.165, 1.54) is 0 Å². The second-order valence-corrected chi connectivity index (χ2v) is 4.34. The van der Waals surface area contributed by atoms with Crippen molar-refractivity contribution in [3.8, 4) is 0 Å². The lowest BCUT2D eigenvalue weighted by atomic mass is 9.83. The van der Waals surface area contributed by atoms with Crippen molar-refractivity contribution in [1.82, 2.24) is 0 Å². The third-order valence-corrected chi connectivity index (χ3v) is 3.68. The highest BCUT2D eigenvalue weighted by Crippen LogP contribution is 2.47. The van der Waals surface area contributed by atoms with Crippen molar-refractivity contribution >= 4 is 0 Å². The molecule has 1 nitrogen and oxygen atoms in total. The van der Waals surface area contributed by atoms with Gasteiger partial charge in [0.25, 0.3) is 0 Å². The summed E-state index contributed by atoms with van der Waals surface area (Å²) in [7, 11) is 0. The van der Waals surface area contributed by atoms with Gasteiger partial charge in [-0.3, -0.25) is 0 Å². The third-order valence-electron chi connectivity index (χ3n) is 3.68. The van der Waals surface area contributed by atoms with Gasteiger partial charge in [-0.25, -0.2) is 0 Å². The van der Waals surface area contributed by atoms with Crippen LogP contribution in [-0.4, -0.2) is 11.2 Å². The third kappa shape index (κ3) is 0.992. The lowest BCUT2D eigenvalue weighted by molar-refractivity contribution is 0.118. The number of fused-ring (bicyclic) bond motifs is 3. The molecule has 1 saturated carbocycles. The first-order valence-corrected chi connectivity index (χ1v) is 5.26. The van der Waals surface area contributed by atoms with Gasteiger partial charge >= 0.3 is 0 Å². The summed E-state index contributed by atoms with van der Waals surface area (Å²) in [6, 6.07) is 0. The van der Waals surface area contributed by atoms with Crippen molar-refractivity contribution in [2.75, 3.05) is 0 Å². The summed E-state index contributed by atoms with van der Waals surface area (Å²) in [5, 5.41) is 10.1.